The van der Waals surface area contributed by atoms with Crippen molar-refractivity contribution in [2.75, 3.05) is 19.6 Å². The number of aromatic nitrogens is 5. The molecular weight excluding hydrogens is 262 g/mol. The Morgan fingerprint density at radius 1 is 1.30 bits per heavy atom. The van der Waals surface area contributed by atoms with Gasteiger partial charge in [0.2, 0.25) is 5.91 Å². The van der Waals surface area contributed by atoms with E-state index in [2.05, 4.69) is 25.6 Å². The molecule has 9 nitrogen and oxygen atoms in total. The molecule has 0 atom stereocenters. The number of carbonyl (C=O) groups is 2. The minimum Gasteiger partial charge on any atom is -0.353 e. The zero-order valence-electron chi connectivity index (χ0n) is 10.4. The van der Waals surface area contributed by atoms with Crippen LogP contribution in [0.4, 0.5) is 0 Å². The van der Waals surface area contributed by atoms with Gasteiger partial charge in [-0.25, -0.2) is 9.67 Å². The van der Waals surface area contributed by atoms with Crippen LogP contribution in [0.1, 0.15) is 10.5 Å². The third-order valence-electron chi connectivity index (χ3n) is 2.85. The van der Waals surface area contributed by atoms with Crippen LogP contribution >= 0.6 is 0 Å². The summed E-state index contributed by atoms with van der Waals surface area (Å²) in [7, 11) is 0. The van der Waals surface area contributed by atoms with E-state index in [1.807, 2.05) is 0 Å². The molecule has 0 aromatic carbocycles. The van der Waals surface area contributed by atoms with Gasteiger partial charge in [-0.15, -0.1) is 10.2 Å². The second-order valence-electron chi connectivity index (χ2n) is 4.19. The maximum atomic E-state index is 12.2. The average Bonchev–Trinajstić information content (AvgIpc) is 3.01. The number of hydrogen-bond donors (Lipinski definition) is 1. The summed E-state index contributed by atoms with van der Waals surface area (Å²) in [6.07, 6.45) is 2.87. The summed E-state index contributed by atoms with van der Waals surface area (Å²) in [4.78, 5) is 28.7. The van der Waals surface area contributed by atoms with Gasteiger partial charge >= 0.3 is 0 Å². The van der Waals surface area contributed by atoms with Crippen molar-refractivity contribution in [3.8, 4) is 5.82 Å². The van der Waals surface area contributed by atoms with Gasteiger partial charge in [0.25, 0.3) is 5.91 Å². The van der Waals surface area contributed by atoms with Crippen LogP contribution in [-0.4, -0.2) is 61.3 Å². The van der Waals surface area contributed by atoms with E-state index < -0.39 is 0 Å². The summed E-state index contributed by atoms with van der Waals surface area (Å²) < 4.78 is 1.44. The minimum atomic E-state index is -0.308. The Labute approximate surface area is 113 Å². The smallest absolute Gasteiger partial charge is 0.274 e. The molecule has 0 aliphatic carbocycles. The molecule has 2 amide bonds. The zero-order chi connectivity index (χ0) is 13.9. The van der Waals surface area contributed by atoms with Crippen LogP contribution in [0.2, 0.25) is 0 Å². The Balaban J connectivity index is 1.77. The molecule has 0 bridgehead atoms. The highest BCUT2D eigenvalue weighted by Gasteiger charge is 2.23. The van der Waals surface area contributed by atoms with Gasteiger partial charge in [-0.3, -0.25) is 9.59 Å². The Kier molecular flexibility index (Phi) is 3.07. The van der Waals surface area contributed by atoms with E-state index in [0.717, 1.165) is 0 Å². The Hall–Kier alpha value is -2.84. The van der Waals surface area contributed by atoms with Crippen LogP contribution in [-0.2, 0) is 4.79 Å². The summed E-state index contributed by atoms with van der Waals surface area (Å²) in [5, 5.41) is 14.4. The molecule has 20 heavy (non-hydrogen) atoms. The average molecular weight is 273 g/mol. The van der Waals surface area contributed by atoms with Crippen LogP contribution < -0.4 is 5.32 Å². The molecule has 9 heteroatoms. The lowest BCUT2D eigenvalue weighted by molar-refractivity contribution is -0.123. The normalized spacial score (nSPS) is 15.0. The summed E-state index contributed by atoms with van der Waals surface area (Å²) in [5.74, 6) is -0.00952. The molecule has 3 rings (SSSR count). The van der Waals surface area contributed by atoms with Gasteiger partial charge in [-0.1, -0.05) is 0 Å². The van der Waals surface area contributed by atoms with E-state index in [1.165, 1.54) is 22.2 Å². The first kappa shape index (κ1) is 12.2. The summed E-state index contributed by atoms with van der Waals surface area (Å²) >= 11 is 0. The summed E-state index contributed by atoms with van der Waals surface area (Å²) in [5.41, 5.74) is 0.198. The van der Waals surface area contributed by atoms with Gasteiger partial charge < -0.3 is 10.2 Å². The fourth-order valence-corrected chi connectivity index (χ4v) is 1.86. The molecule has 0 radical (unpaired) electrons. The third-order valence-corrected chi connectivity index (χ3v) is 2.85. The summed E-state index contributed by atoms with van der Waals surface area (Å²) in [6, 6.07) is 3.18. The number of rotatable bonds is 2. The lowest BCUT2D eigenvalue weighted by Gasteiger charge is -2.26. The first-order valence-electron chi connectivity index (χ1n) is 5.99. The fraction of sp³-hybridized carbons (Fsp3) is 0.273. The van der Waals surface area contributed by atoms with Gasteiger partial charge in [0.15, 0.2) is 11.5 Å². The van der Waals surface area contributed by atoms with E-state index >= 15 is 0 Å². The monoisotopic (exact) mass is 273 g/mol. The van der Waals surface area contributed by atoms with E-state index in [1.54, 1.807) is 12.1 Å². The van der Waals surface area contributed by atoms with Gasteiger partial charge in [-0.2, -0.15) is 5.10 Å². The first-order valence-corrected chi connectivity index (χ1v) is 5.99. The number of carbonyl (C=O) groups excluding carboxylic acids is 2. The molecule has 0 spiro atoms. The van der Waals surface area contributed by atoms with Crippen LogP contribution in [0.5, 0.6) is 0 Å². The van der Waals surface area contributed by atoms with E-state index in [4.69, 9.17) is 0 Å². The van der Waals surface area contributed by atoms with Crippen molar-refractivity contribution < 1.29 is 9.59 Å². The largest absolute Gasteiger partial charge is 0.353 e. The van der Waals surface area contributed by atoms with Crippen molar-refractivity contribution in [1.29, 1.82) is 0 Å². The van der Waals surface area contributed by atoms with E-state index in [0.29, 0.717) is 18.9 Å². The minimum absolute atomic E-state index is 0.0470. The quantitative estimate of drug-likeness (QED) is 0.723. The van der Waals surface area contributed by atoms with Crippen LogP contribution in [0.3, 0.4) is 0 Å². The van der Waals surface area contributed by atoms with Crippen molar-refractivity contribution in [3.63, 3.8) is 0 Å². The molecular formula is C11H11N7O2. The maximum absolute atomic E-state index is 12.2. The number of nitrogens with one attached hydrogen (secondary N) is 1. The second kappa shape index (κ2) is 5.03. The molecule has 1 aliphatic heterocycles. The molecule has 1 saturated heterocycles. The number of piperazine rings is 1. The predicted molar refractivity (Wildman–Crippen MR) is 65.9 cm³/mol. The highest BCUT2D eigenvalue weighted by Crippen LogP contribution is 2.05. The molecule has 102 valence electrons. The Morgan fingerprint density at radius 3 is 2.85 bits per heavy atom. The molecule has 1 N–H and O–H groups in total. The van der Waals surface area contributed by atoms with Crippen molar-refractivity contribution in [2.24, 2.45) is 0 Å². The summed E-state index contributed by atoms with van der Waals surface area (Å²) in [6.45, 7) is 0.970. The van der Waals surface area contributed by atoms with Gasteiger partial charge in [0, 0.05) is 13.1 Å². The van der Waals surface area contributed by atoms with Gasteiger partial charge in [0.1, 0.15) is 12.7 Å². The highest BCUT2D eigenvalue weighted by molar-refractivity contribution is 5.95. The van der Waals surface area contributed by atoms with Crippen LogP contribution in [0.15, 0.2) is 24.8 Å². The topological polar surface area (TPSA) is 106 Å². The Bertz CT molecular complexity index is 623. The van der Waals surface area contributed by atoms with E-state index in [9.17, 15) is 9.59 Å². The predicted octanol–water partition coefficient (Wildman–Crippen LogP) is -1.37. The molecule has 3 heterocycles. The number of nitrogens with zero attached hydrogens (tertiary/aromatic N) is 6. The molecule has 1 fully saturated rings. The Morgan fingerprint density at radius 2 is 2.20 bits per heavy atom. The lowest BCUT2D eigenvalue weighted by Crippen LogP contribution is -2.50. The maximum Gasteiger partial charge on any atom is 0.274 e. The number of amides is 2. The van der Waals surface area contributed by atoms with Crippen LogP contribution in [0.25, 0.3) is 5.82 Å². The second-order valence-corrected chi connectivity index (χ2v) is 4.19. The molecule has 0 saturated carbocycles. The van der Waals surface area contributed by atoms with Crippen molar-refractivity contribution in [2.45, 2.75) is 0 Å². The third kappa shape index (κ3) is 2.32. The zero-order valence-corrected chi connectivity index (χ0v) is 10.4. The van der Waals surface area contributed by atoms with Gasteiger partial charge in [-0.05, 0) is 12.1 Å². The molecule has 0 unspecified atom stereocenters. The van der Waals surface area contributed by atoms with Crippen LogP contribution in [0, 0.1) is 0 Å². The fourth-order valence-electron chi connectivity index (χ4n) is 1.86. The number of hydrogen-bond acceptors (Lipinski definition) is 6. The standard InChI is InChI=1S/C11H11N7O2/c19-10-5-17(4-3-13-10)11(20)8-1-2-9(16-15-8)18-7-12-6-14-18/h1-2,6-7H,3-5H2,(H,13,19). The van der Waals surface area contributed by atoms with Crippen molar-refractivity contribution in [3.05, 3.63) is 30.5 Å². The SMILES string of the molecule is O=C1CN(C(=O)c2ccc(-n3cncn3)nn2)CCN1. The lowest BCUT2D eigenvalue weighted by atomic mass is 10.3. The van der Waals surface area contributed by atoms with E-state index in [-0.39, 0.29) is 24.1 Å². The molecule has 1 aliphatic rings. The highest BCUT2D eigenvalue weighted by atomic mass is 16.2. The van der Waals surface area contributed by atoms with Gasteiger partial charge in [0.05, 0.1) is 6.54 Å². The van der Waals surface area contributed by atoms with Crippen molar-refractivity contribution >= 4 is 11.8 Å². The molecule has 2 aromatic heterocycles. The molecule has 2 aromatic rings. The van der Waals surface area contributed by atoms with Crippen molar-refractivity contribution in [1.82, 2.24) is 35.2 Å². The first-order chi connectivity index (χ1) is 9.74.